The van der Waals surface area contributed by atoms with Gasteiger partial charge in [0.05, 0.1) is 24.7 Å². The molecule has 0 bridgehead atoms. The fourth-order valence-electron chi connectivity index (χ4n) is 1.83. The summed E-state index contributed by atoms with van der Waals surface area (Å²) in [6, 6.07) is 13.5. The van der Waals surface area contributed by atoms with Gasteiger partial charge in [-0.25, -0.2) is 4.98 Å². The molecule has 0 aliphatic heterocycles. The van der Waals surface area contributed by atoms with Crippen LogP contribution in [0.3, 0.4) is 0 Å². The summed E-state index contributed by atoms with van der Waals surface area (Å²) in [5.74, 6) is 0.831. The van der Waals surface area contributed by atoms with Crippen molar-refractivity contribution in [1.82, 2.24) is 9.97 Å². The van der Waals surface area contributed by atoms with E-state index in [1.165, 1.54) is 11.3 Å². The molecule has 2 aromatic heterocycles. The van der Waals surface area contributed by atoms with E-state index >= 15 is 0 Å². The Morgan fingerprint density at radius 1 is 1.18 bits per heavy atom. The van der Waals surface area contributed by atoms with Crippen LogP contribution in [0.2, 0.25) is 0 Å². The Kier molecular flexibility index (Phi) is 4.41. The number of nitrogens with zero attached hydrogens (tertiary/aromatic N) is 3. The van der Waals surface area contributed by atoms with E-state index in [1.807, 2.05) is 47.8 Å². The molecular weight excluding hydrogens is 296 g/mol. The number of ether oxygens (including phenoxy) is 1. The van der Waals surface area contributed by atoms with Crippen LogP contribution in [0.5, 0.6) is 5.75 Å². The summed E-state index contributed by atoms with van der Waals surface area (Å²) < 4.78 is 5.15. The number of thiazole rings is 1. The van der Waals surface area contributed by atoms with Gasteiger partial charge in [-0.3, -0.25) is 10.4 Å². The molecule has 6 heteroatoms. The molecule has 2 heterocycles. The van der Waals surface area contributed by atoms with Crippen LogP contribution in [0.1, 0.15) is 5.69 Å². The molecule has 1 aromatic carbocycles. The third kappa shape index (κ3) is 3.48. The summed E-state index contributed by atoms with van der Waals surface area (Å²) >= 11 is 1.50. The molecule has 0 aliphatic rings. The van der Waals surface area contributed by atoms with Crippen LogP contribution < -0.4 is 10.2 Å². The molecule has 0 aliphatic carbocycles. The number of benzene rings is 1. The van der Waals surface area contributed by atoms with Gasteiger partial charge in [0.25, 0.3) is 0 Å². The fraction of sp³-hybridized carbons (Fsp3) is 0.0625. The molecule has 0 spiro atoms. The van der Waals surface area contributed by atoms with E-state index in [1.54, 1.807) is 19.5 Å². The maximum absolute atomic E-state index is 5.15. The number of aromatic nitrogens is 2. The molecule has 0 fully saturated rings. The summed E-state index contributed by atoms with van der Waals surface area (Å²) in [4.78, 5) is 8.66. The van der Waals surface area contributed by atoms with E-state index in [4.69, 9.17) is 4.74 Å². The van der Waals surface area contributed by atoms with Gasteiger partial charge in [0.15, 0.2) is 0 Å². The molecule has 22 heavy (non-hydrogen) atoms. The number of hydrogen-bond donors (Lipinski definition) is 1. The van der Waals surface area contributed by atoms with E-state index in [9.17, 15) is 0 Å². The largest absolute Gasteiger partial charge is 0.497 e. The van der Waals surface area contributed by atoms with Crippen LogP contribution >= 0.6 is 11.3 Å². The van der Waals surface area contributed by atoms with Gasteiger partial charge in [0.1, 0.15) is 5.75 Å². The first-order chi connectivity index (χ1) is 10.8. The molecule has 3 aromatic rings. The lowest BCUT2D eigenvalue weighted by Gasteiger charge is -2.00. The van der Waals surface area contributed by atoms with Crippen LogP contribution in [0.15, 0.2) is 59.1 Å². The van der Waals surface area contributed by atoms with Gasteiger partial charge in [-0.05, 0) is 36.4 Å². The van der Waals surface area contributed by atoms with Gasteiger partial charge in [-0.1, -0.05) is 6.07 Å². The van der Waals surface area contributed by atoms with Gasteiger partial charge in [0.2, 0.25) is 5.13 Å². The highest BCUT2D eigenvalue weighted by Gasteiger charge is 2.04. The summed E-state index contributed by atoms with van der Waals surface area (Å²) in [6.45, 7) is 0. The molecular formula is C16H14N4OS. The standard InChI is InChI=1S/C16H14N4OS/c1-21-14-7-5-12(6-8-14)15-11-22-16(19-15)20-18-10-13-4-2-3-9-17-13/h2-11H,1H3,(H,19,20)/b18-10-. The molecule has 110 valence electrons. The average Bonchev–Trinajstić information content (AvgIpc) is 3.05. The number of hydrogen-bond acceptors (Lipinski definition) is 6. The van der Waals surface area contributed by atoms with Crippen LogP contribution in [0.25, 0.3) is 11.3 Å². The van der Waals surface area contributed by atoms with Gasteiger partial charge in [-0.2, -0.15) is 5.10 Å². The molecule has 3 rings (SSSR count). The molecule has 1 N–H and O–H groups in total. The normalized spacial score (nSPS) is 10.8. The van der Waals surface area contributed by atoms with Gasteiger partial charge in [-0.15, -0.1) is 11.3 Å². The molecule has 5 nitrogen and oxygen atoms in total. The van der Waals surface area contributed by atoms with Crippen molar-refractivity contribution >= 4 is 22.7 Å². The van der Waals surface area contributed by atoms with E-state index in [-0.39, 0.29) is 0 Å². The topological polar surface area (TPSA) is 59.4 Å². The Labute approximate surface area is 132 Å². The second-order valence-corrected chi connectivity index (χ2v) is 5.25. The zero-order chi connectivity index (χ0) is 15.2. The lowest BCUT2D eigenvalue weighted by molar-refractivity contribution is 0.415. The zero-order valence-electron chi connectivity index (χ0n) is 11.9. The van der Waals surface area contributed by atoms with Crippen molar-refractivity contribution in [3.8, 4) is 17.0 Å². The Hall–Kier alpha value is -2.73. The first-order valence-electron chi connectivity index (χ1n) is 6.65. The summed E-state index contributed by atoms with van der Waals surface area (Å²) in [7, 11) is 1.65. The van der Waals surface area contributed by atoms with Crippen molar-refractivity contribution < 1.29 is 4.74 Å². The molecule has 0 atom stereocenters. The predicted molar refractivity (Wildman–Crippen MR) is 89.6 cm³/mol. The number of hydrazone groups is 1. The first kappa shape index (κ1) is 14.2. The quantitative estimate of drug-likeness (QED) is 0.577. The predicted octanol–water partition coefficient (Wildman–Crippen LogP) is 3.66. The Morgan fingerprint density at radius 2 is 2.05 bits per heavy atom. The molecule has 0 radical (unpaired) electrons. The Balaban J connectivity index is 1.67. The second-order valence-electron chi connectivity index (χ2n) is 4.39. The average molecular weight is 310 g/mol. The van der Waals surface area contributed by atoms with Crippen molar-refractivity contribution in [3.05, 3.63) is 59.7 Å². The van der Waals surface area contributed by atoms with Crippen molar-refractivity contribution in [2.24, 2.45) is 5.10 Å². The minimum absolute atomic E-state index is 0.734. The SMILES string of the molecule is COc1ccc(-c2csc(N/N=C\c3ccccn3)n2)cc1. The maximum atomic E-state index is 5.15. The summed E-state index contributed by atoms with van der Waals surface area (Å²) in [6.07, 6.45) is 3.39. The highest BCUT2D eigenvalue weighted by Crippen LogP contribution is 2.26. The van der Waals surface area contributed by atoms with Crippen LogP contribution in [-0.4, -0.2) is 23.3 Å². The van der Waals surface area contributed by atoms with E-state index in [0.717, 1.165) is 27.8 Å². The molecule has 0 unspecified atom stereocenters. The first-order valence-corrected chi connectivity index (χ1v) is 7.53. The van der Waals surface area contributed by atoms with Crippen LogP contribution in [-0.2, 0) is 0 Å². The minimum atomic E-state index is 0.734. The molecule has 0 amide bonds. The molecule has 0 saturated carbocycles. The Bertz CT molecular complexity index is 753. The van der Waals surface area contributed by atoms with Crippen LogP contribution in [0.4, 0.5) is 5.13 Å². The number of methoxy groups -OCH3 is 1. The Morgan fingerprint density at radius 3 is 2.77 bits per heavy atom. The maximum Gasteiger partial charge on any atom is 0.203 e. The lowest BCUT2D eigenvalue weighted by atomic mass is 10.2. The minimum Gasteiger partial charge on any atom is -0.497 e. The number of pyridine rings is 1. The third-order valence-electron chi connectivity index (χ3n) is 2.93. The van der Waals surface area contributed by atoms with Gasteiger partial charge < -0.3 is 4.74 Å². The second kappa shape index (κ2) is 6.82. The summed E-state index contributed by atoms with van der Waals surface area (Å²) in [5, 5.41) is 6.86. The van der Waals surface area contributed by atoms with Gasteiger partial charge in [0, 0.05) is 17.1 Å². The molecule has 0 saturated heterocycles. The number of anilines is 1. The van der Waals surface area contributed by atoms with Crippen molar-refractivity contribution in [1.29, 1.82) is 0 Å². The van der Waals surface area contributed by atoms with E-state index in [0.29, 0.717) is 0 Å². The lowest BCUT2D eigenvalue weighted by Crippen LogP contribution is -1.91. The number of rotatable bonds is 5. The van der Waals surface area contributed by atoms with Crippen LogP contribution in [0, 0.1) is 0 Å². The smallest absolute Gasteiger partial charge is 0.203 e. The summed E-state index contributed by atoms with van der Waals surface area (Å²) in [5.41, 5.74) is 5.66. The zero-order valence-corrected chi connectivity index (χ0v) is 12.7. The highest BCUT2D eigenvalue weighted by molar-refractivity contribution is 7.14. The third-order valence-corrected chi connectivity index (χ3v) is 3.68. The van der Waals surface area contributed by atoms with E-state index < -0.39 is 0 Å². The van der Waals surface area contributed by atoms with Crippen molar-refractivity contribution in [2.75, 3.05) is 12.5 Å². The number of nitrogens with one attached hydrogen (secondary N) is 1. The van der Waals surface area contributed by atoms with Gasteiger partial charge >= 0.3 is 0 Å². The van der Waals surface area contributed by atoms with E-state index in [2.05, 4.69) is 20.5 Å². The highest BCUT2D eigenvalue weighted by atomic mass is 32.1. The van der Waals surface area contributed by atoms with Crippen molar-refractivity contribution in [2.45, 2.75) is 0 Å². The monoisotopic (exact) mass is 310 g/mol. The van der Waals surface area contributed by atoms with Crippen molar-refractivity contribution in [3.63, 3.8) is 0 Å². The fourth-order valence-corrected chi connectivity index (χ4v) is 2.49.